The number of rotatable bonds is 9. The fourth-order valence-corrected chi connectivity index (χ4v) is 13.4. The normalized spacial score (nSPS) is 13.5. The third-order valence-corrected chi connectivity index (χ3v) is 18.4. The Morgan fingerprint density at radius 1 is 0.430 bits per heavy atom. The summed E-state index contributed by atoms with van der Waals surface area (Å²) >= 11 is 0. The van der Waals surface area contributed by atoms with Gasteiger partial charge in [0.05, 0.1) is 0 Å². The molecule has 0 spiro atoms. The summed E-state index contributed by atoms with van der Waals surface area (Å²) in [5, 5.41) is 6.28. The largest absolute Gasteiger partial charge is 0.455 e. The van der Waals surface area contributed by atoms with Gasteiger partial charge in [-0.3, -0.25) is 0 Å². The van der Waals surface area contributed by atoms with E-state index in [9.17, 15) is 0 Å². The third kappa shape index (κ3) is 9.58. The van der Waals surface area contributed by atoms with Gasteiger partial charge in [-0.1, -0.05) is 227 Å². The highest BCUT2D eigenvalue weighted by Crippen LogP contribution is 2.55. The van der Waals surface area contributed by atoms with Crippen LogP contribution in [0, 0.1) is 0 Å². The van der Waals surface area contributed by atoms with Crippen molar-refractivity contribution in [1.29, 1.82) is 0 Å². The SMILES string of the molecule is CC(C)(C)c1ccc(Nc2cc3c(cc2-c2c4c(cc5c2oc2ccccc25)N(c2ccc(-c5ccccc5)cc2)c2ccc(-c5ccccc5)cc2B4)-c2cc(N(c4ccc(C(C)(C)C)cc4)c4ccc(C(C)(C)C)cc4)ccc2C3(C)C)cc1. The first-order valence-electron chi connectivity index (χ1n) is 30.6. The van der Waals surface area contributed by atoms with Gasteiger partial charge in [0.2, 0.25) is 0 Å². The minimum atomic E-state index is -0.331. The Morgan fingerprint density at radius 2 is 0.953 bits per heavy atom. The average Bonchev–Trinajstić information content (AvgIpc) is 1.45. The Morgan fingerprint density at radius 3 is 1.56 bits per heavy atom. The van der Waals surface area contributed by atoms with Crippen LogP contribution in [0.2, 0.25) is 0 Å². The van der Waals surface area contributed by atoms with E-state index in [2.05, 4.69) is 328 Å². The highest BCUT2D eigenvalue weighted by Gasteiger charge is 2.39. The molecule has 0 amide bonds. The molecular formula is C81H74BN3O. The summed E-state index contributed by atoms with van der Waals surface area (Å²) in [5.41, 5.74) is 28.6. The molecule has 4 nitrogen and oxygen atoms in total. The van der Waals surface area contributed by atoms with E-state index in [4.69, 9.17) is 4.42 Å². The number of fused-ring (bicyclic) bond motifs is 8. The number of para-hydroxylation sites is 1. The summed E-state index contributed by atoms with van der Waals surface area (Å²) in [7, 11) is 0.687. The maximum absolute atomic E-state index is 7.33. The first kappa shape index (κ1) is 54.6. The lowest BCUT2D eigenvalue weighted by Crippen LogP contribution is -2.41. The second-order valence-electron chi connectivity index (χ2n) is 27.5. The Hall–Kier alpha value is -9.32. The highest BCUT2D eigenvalue weighted by atomic mass is 16.3. The fraction of sp³-hybridized carbons (Fsp3) is 0.185. The van der Waals surface area contributed by atoms with Gasteiger partial charge in [-0.25, -0.2) is 0 Å². The van der Waals surface area contributed by atoms with Crippen LogP contribution >= 0.6 is 0 Å². The second kappa shape index (κ2) is 20.4. The second-order valence-corrected chi connectivity index (χ2v) is 27.5. The van der Waals surface area contributed by atoms with Crippen LogP contribution in [0.15, 0.2) is 241 Å². The molecule has 1 N–H and O–H groups in total. The molecular weight excluding hydrogens is 1040 g/mol. The molecule has 2 heterocycles. The van der Waals surface area contributed by atoms with Gasteiger partial charge < -0.3 is 19.5 Å². The van der Waals surface area contributed by atoms with Crippen molar-refractivity contribution in [3.05, 3.63) is 264 Å². The average molecular weight is 1120 g/mol. The minimum Gasteiger partial charge on any atom is -0.455 e. The van der Waals surface area contributed by atoms with E-state index < -0.39 is 0 Å². The smallest absolute Gasteiger partial charge is 0.198 e. The van der Waals surface area contributed by atoms with Crippen molar-refractivity contribution in [1.82, 2.24) is 0 Å². The van der Waals surface area contributed by atoms with Crippen molar-refractivity contribution >= 4 is 85.6 Å². The molecule has 0 atom stereocenters. The maximum Gasteiger partial charge on any atom is 0.198 e. The number of furan rings is 1. The van der Waals surface area contributed by atoms with Gasteiger partial charge >= 0.3 is 0 Å². The summed E-state index contributed by atoms with van der Waals surface area (Å²) < 4.78 is 7.33. The quantitative estimate of drug-likeness (QED) is 0.146. The van der Waals surface area contributed by atoms with E-state index >= 15 is 0 Å². The molecule has 12 aromatic rings. The van der Waals surface area contributed by atoms with Gasteiger partial charge in [0.15, 0.2) is 7.28 Å². The zero-order valence-corrected chi connectivity index (χ0v) is 51.5. The van der Waals surface area contributed by atoms with Crippen LogP contribution in [0.4, 0.5) is 45.5 Å². The molecule has 11 aromatic carbocycles. The minimum absolute atomic E-state index is 0.00760. The van der Waals surface area contributed by atoms with Crippen LogP contribution in [0.25, 0.3) is 66.4 Å². The molecule has 0 fully saturated rings. The van der Waals surface area contributed by atoms with E-state index in [1.165, 1.54) is 77.8 Å². The summed E-state index contributed by atoms with van der Waals surface area (Å²) in [4.78, 5) is 4.95. The molecule has 0 bridgehead atoms. The van der Waals surface area contributed by atoms with Crippen LogP contribution in [0.5, 0.6) is 0 Å². The molecule has 0 saturated heterocycles. The van der Waals surface area contributed by atoms with Crippen molar-refractivity contribution in [2.75, 3.05) is 15.1 Å². The molecule has 422 valence electrons. The van der Waals surface area contributed by atoms with E-state index in [-0.39, 0.29) is 21.7 Å². The van der Waals surface area contributed by atoms with Gasteiger partial charge in [0.1, 0.15) is 11.2 Å². The molecule has 86 heavy (non-hydrogen) atoms. The summed E-state index contributed by atoms with van der Waals surface area (Å²) in [6.45, 7) is 25.4. The summed E-state index contributed by atoms with van der Waals surface area (Å²) in [6, 6.07) is 88.3. The predicted octanol–water partition coefficient (Wildman–Crippen LogP) is 21.2. The Labute approximate surface area is 509 Å². The van der Waals surface area contributed by atoms with E-state index in [0.717, 1.165) is 72.9 Å². The molecule has 0 saturated carbocycles. The highest BCUT2D eigenvalue weighted by molar-refractivity contribution is 6.74. The zero-order valence-electron chi connectivity index (χ0n) is 51.5. The van der Waals surface area contributed by atoms with Crippen molar-refractivity contribution < 1.29 is 4.42 Å². The first-order valence-corrected chi connectivity index (χ1v) is 30.6. The molecule has 14 rings (SSSR count). The van der Waals surface area contributed by atoms with Crippen LogP contribution in [-0.2, 0) is 21.7 Å². The van der Waals surface area contributed by atoms with Gasteiger partial charge in [-0.05, 0) is 174 Å². The zero-order chi connectivity index (χ0) is 59.4. The van der Waals surface area contributed by atoms with Crippen molar-refractivity contribution in [3.63, 3.8) is 0 Å². The Kier molecular flexibility index (Phi) is 13.0. The number of nitrogens with zero attached hydrogens (tertiary/aromatic N) is 2. The van der Waals surface area contributed by atoms with Gasteiger partial charge in [0.25, 0.3) is 0 Å². The number of hydrogen-bond donors (Lipinski definition) is 1. The van der Waals surface area contributed by atoms with E-state index in [0.29, 0.717) is 7.28 Å². The van der Waals surface area contributed by atoms with Crippen molar-refractivity contribution in [2.45, 2.75) is 97.8 Å². The lowest BCUT2D eigenvalue weighted by molar-refractivity contribution is 0.590. The first-order chi connectivity index (χ1) is 41.3. The molecule has 0 radical (unpaired) electrons. The third-order valence-electron chi connectivity index (χ3n) is 18.4. The van der Waals surface area contributed by atoms with E-state index in [1.807, 2.05) is 0 Å². The fourth-order valence-electron chi connectivity index (χ4n) is 13.4. The van der Waals surface area contributed by atoms with E-state index in [1.54, 1.807) is 0 Å². The lowest BCUT2D eigenvalue weighted by Gasteiger charge is -2.35. The maximum atomic E-state index is 7.33. The molecule has 0 unspecified atom stereocenters. The Balaban J connectivity index is 1.03. The lowest BCUT2D eigenvalue weighted by atomic mass is 9.57. The van der Waals surface area contributed by atoms with Crippen molar-refractivity contribution in [3.8, 4) is 44.5 Å². The number of hydrogen-bond acceptors (Lipinski definition) is 4. The van der Waals surface area contributed by atoms with Gasteiger partial charge in [0, 0.05) is 72.8 Å². The van der Waals surface area contributed by atoms with Crippen LogP contribution < -0.4 is 26.0 Å². The summed E-state index contributed by atoms with van der Waals surface area (Å²) in [5.74, 6) is 0. The van der Waals surface area contributed by atoms with Crippen LogP contribution in [0.3, 0.4) is 0 Å². The molecule has 1 aromatic heterocycles. The number of nitrogens with one attached hydrogen (secondary N) is 1. The molecule has 2 aliphatic rings. The van der Waals surface area contributed by atoms with Crippen LogP contribution in [0.1, 0.15) is 104 Å². The van der Waals surface area contributed by atoms with Gasteiger partial charge in [-0.2, -0.15) is 0 Å². The van der Waals surface area contributed by atoms with Crippen LogP contribution in [-0.4, -0.2) is 7.28 Å². The van der Waals surface area contributed by atoms with Gasteiger partial charge in [-0.15, -0.1) is 0 Å². The number of anilines is 8. The summed E-state index contributed by atoms with van der Waals surface area (Å²) in [6.07, 6.45) is 0. The standard InChI is InChI=1S/C81H74BN3O/c1-78(2,3)55-29-35-58(36-30-55)83-71-50-69-65(64-47-62(43-44-68(64)81(69,10)11)84(59-39-31-56(32-40-59)79(4,5)6)60-41-33-57(34-42-60)80(7,8)9)48-67(71)75-76-73(49-66-63-24-18-19-25-74(63)86-77(66)75)85(61-37-26-53(27-38-61)51-20-14-12-15-21-51)72-45-28-54(46-70(72)82-76)52-22-16-13-17-23-52/h12-50,82-83H,1-11H3. The topological polar surface area (TPSA) is 31.7 Å². The predicted molar refractivity (Wildman–Crippen MR) is 369 cm³/mol. The number of benzene rings is 11. The molecule has 5 heteroatoms. The molecule has 1 aliphatic heterocycles. The monoisotopic (exact) mass is 1120 g/mol. The van der Waals surface area contributed by atoms with Crippen molar-refractivity contribution in [2.24, 2.45) is 0 Å². The Bertz CT molecular complexity index is 4500. The molecule has 1 aliphatic carbocycles.